The van der Waals surface area contributed by atoms with E-state index in [4.69, 9.17) is 16.1 Å². The van der Waals surface area contributed by atoms with Gasteiger partial charge in [0, 0.05) is 6.54 Å². The molecule has 0 aliphatic carbocycles. The van der Waals surface area contributed by atoms with E-state index in [2.05, 4.69) is 17.2 Å². The third-order valence-electron chi connectivity index (χ3n) is 3.27. The van der Waals surface area contributed by atoms with E-state index in [1.54, 1.807) is 0 Å². The minimum atomic E-state index is 0.338. The number of nitrogens with zero attached hydrogens (tertiary/aromatic N) is 2. The highest BCUT2D eigenvalue weighted by Crippen LogP contribution is 2.10. The minimum absolute atomic E-state index is 0.338. The van der Waals surface area contributed by atoms with Gasteiger partial charge in [-0.05, 0) is 38.5 Å². The number of oxime groups is 2. The van der Waals surface area contributed by atoms with Crippen LogP contribution < -0.4 is 5.73 Å². The van der Waals surface area contributed by atoms with Crippen LogP contribution in [0, 0.1) is 0 Å². The molecule has 0 bridgehead atoms. The zero-order valence-corrected chi connectivity index (χ0v) is 12.1. The Balaban J connectivity index is 3.44. The molecule has 0 unspecified atom stereocenters. The van der Waals surface area contributed by atoms with E-state index in [9.17, 15) is 0 Å². The molecule has 0 fully saturated rings. The lowest BCUT2D eigenvalue weighted by atomic mass is 10.0. The van der Waals surface area contributed by atoms with Crippen LogP contribution in [0.2, 0.25) is 0 Å². The molecule has 0 atom stereocenters. The van der Waals surface area contributed by atoms with Crippen LogP contribution in [0.25, 0.3) is 0 Å². The van der Waals surface area contributed by atoms with Gasteiger partial charge in [-0.1, -0.05) is 42.9 Å². The number of hydrogen-bond donors (Lipinski definition) is 3. The lowest BCUT2D eigenvalue weighted by Gasteiger charge is -2.04. The summed E-state index contributed by atoms with van der Waals surface area (Å²) < 4.78 is 0. The molecule has 0 saturated carbocycles. The Bertz CT molecular complexity index is 265. The van der Waals surface area contributed by atoms with Gasteiger partial charge in [-0.25, -0.2) is 0 Å². The van der Waals surface area contributed by atoms with Gasteiger partial charge in [0.1, 0.15) is 0 Å². The molecule has 0 saturated heterocycles. The van der Waals surface area contributed by atoms with Crippen LogP contribution in [0.3, 0.4) is 0 Å². The summed E-state index contributed by atoms with van der Waals surface area (Å²) in [6, 6.07) is 0. The average molecular weight is 271 g/mol. The van der Waals surface area contributed by atoms with E-state index in [1.165, 1.54) is 0 Å². The van der Waals surface area contributed by atoms with Crippen molar-refractivity contribution in [3.63, 3.8) is 0 Å². The van der Waals surface area contributed by atoms with E-state index < -0.39 is 0 Å². The maximum absolute atomic E-state index is 8.85. The van der Waals surface area contributed by atoms with Crippen LogP contribution in [-0.2, 0) is 0 Å². The van der Waals surface area contributed by atoms with Crippen molar-refractivity contribution in [2.45, 2.75) is 71.1 Å². The summed E-state index contributed by atoms with van der Waals surface area (Å²) in [5.41, 5.74) is 7.01. The fourth-order valence-electron chi connectivity index (χ4n) is 1.99. The predicted molar refractivity (Wildman–Crippen MR) is 79.3 cm³/mol. The molecule has 0 aromatic heterocycles. The smallest absolute Gasteiger partial charge is 0.0706 e. The van der Waals surface area contributed by atoms with Crippen LogP contribution in [0.15, 0.2) is 10.3 Å². The Morgan fingerprint density at radius 3 is 1.74 bits per heavy atom. The topological polar surface area (TPSA) is 91.2 Å². The molecule has 4 N–H and O–H groups in total. The quantitative estimate of drug-likeness (QED) is 0.219. The molecule has 0 amide bonds. The predicted octanol–water partition coefficient (Wildman–Crippen LogP) is 3.53. The molecule has 5 nitrogen and oxygen atoms in total. The van der Waals surface area contributed by atoms with Crippen LogP contribution in [0.5, 0.6) is 0 Å². The maximum Gasteiger partial charge on any atom is 0.0706 e. The average Bonchev–Trinajstić information content (AvgIpc) is 2.45. The van der Waals surface area contributed by atoms with E-state index in [1.807, 2.05) is 0 Å². The SMILES string of the molecule is CCCCC(CCCCCCCC(CN)=NO)=NO. The van der Waals surface area contributed by atoms with Crippen molar-refractivity contribution < 1.29 is 10.4 Å². The lowest BCUT2D eigenvalue weighted by molar-refractivity contribution is 0.315. The third kappa shape index (κ3) is 10.5. The van der Waals surface area contributed by atoms with E-state index in [-0.39, 0.29) is 0 Å². The molecule has 0 aromatic rings. The van der Waals surface area contributed by atoms with E-state index in [0.717, 1.165) is 69.9 Å². The van der Waals surface area contributed by atoms with Gasteiger partial charge in [-0.2, -0.15) is 0 Å². The van der Waals surface area contributed by atoms with Gasteiger partial charge in [0.15, 0.2) is 0 Å². The van der Waals surface area contributed by atoms with Crippen LogP contribution >= 0.6 is 0 Å². The fourth-order valence-corrected chi connectivity index (χ4v) is 1.99. The molecular formula is C14H29N3O2. The Morgan fingerprint density at radius 1 is 0.789 bits per heavy atom. The Kier molecular flexibility index (Phi) is 12.6. The standard InChI is InChI=1S/C14H29N3O2/c1-2-3-9-13(16-18)10-7-5-4-6-8-11-14(12-15)17-19/h18-19H,2-12,15H2,1H3. The highest BCUT2D eigenvalue weighted by atomic mass is 16.4. The van der Waals surface area contributed by atoms with Gasteiger partial charge >= 0.3 is 0 Å². The molecule has 0 aliphatic rings. The van der Waals surface area contributed by atoms with Gasteiger partial charge in [-0.3, -0.25) is 0 Å². The normalized spacial score (nSPS) is 12.9. The molecule has 112 valence electrons. The summed E-state index contributed by atoms with van der Waals surface area (Å²) in [5.74, 6) is 0. The summed E-state index contributed by atoms with van der Waals surface area (Å²) >= 11 is 0. The number of nitrogens with two attached hydrogens (primary N) is 1. The second-order valence-electron chi connectivity index (χ2n) is 4.91. The number of unbranched alkanes of at least 4 members (excludes halogenated alkanes) is 5. The molecule has 0 heterocycles. The summed E-state index contributed by atoms with van der Waals surface area (Å²) in [6.45, 7) is 2.48. The van der Waals surface area contributed by atoms with Gasteiger partial charge in [0.05, 0.1) is 11.4 Å². The Hall–Kier alpha value is -1.10. The summed E-state index contributed by atoms with van der Waals surface area (Å²) in [5, 5.41) is 24.0. The minimum Gasteiger partial charge on any atom is -0.411 e. The molecular weight excluding hydrogens is 242 g/mol. The second-order valence-corrected chi connectivity index (χ2v) is 4.91. The Morgan fingerprint density at radius 2 is 1.26 bits per heavy atom. The van der Waals surface area contributed by atoms with Gasteiger partial charge in [-0.15, -0.1) is 0 Å². The summed E-state index contributed by atoms with van der Waals surface area (Å²) in [4.78, 5) is 0. The molecule has 0 rings (SSSR count). The molecule has 19 heavy (non-hydrogen) atoms. The van der Waals surface area contributed by atoms with Crippen molar-refractivity contribution in [2.75, 3.05) is 6.54 Å². The first-order chi connectivity index (χ1) is 9.28. The van der Waals surface area contributed by atoms with Gasteiger partial charge in [0.25, 0.3) is 0 Å². The van der Waals surface area contributed by atoms with Crippen molar-refractivity contribution in [2.24, 2.45) is 16.0 Å². The lowest BCUT2D eigenvalue weighted by Crippen LogP contribution is -2.13. The monoisotopic (exact) mass is 271 g/mol. The van der Waals surface area contributed by atoms with Crippen LogP contribution in [0.1, 0.15) is 71.1 Å². The van der Waals surface area contributed by atoms with Crippen molar-refractivity contribution in [3.05, 3.63) is 0 Å². The highest BCUT2D eigenvalue weighted by Gasteiger charge is 2.01. The molecule has 5 heteroatoms. The Labute approximate surface area is 116 Å². The fraction of sp³-hybridized carbons (Fsp3) is 0.857. The molecule has 0 aliphatic heterocycles. The second kappa shape index (κ2) is 13.3. The third-order valence-corrected chi connectivity index (χ3v) is 3.27. The highest BCUT2D eigenvalue weighted by molar-refractivity contribution is 5.85. The van der Waals surface area contributed by atoms with Crippen molar-refractivity contribution in [3.8, 4) is 0 Å². The van der Waals surface area contributed by atoms with Crippen LogP contribution in [-0.4, -0.2) is 28.4 Å². The van der Waals surface area contributed by atoms with Crippen LogP contribution in [0.4, 0.5) is 0 Å². The van der Waals surface area contributed by atoms with E-state index in [0.29, 0.717) is 12.3 Å². The van der Waals surface area contributed by atoms with Gasteiger partial charge in [0.2, 0.25) is 0 Å². The zero-order valence-electron chi connectivity index (χ0n) is 12.1. The first-order valence-corrected chi connectivity index (χ1v) is 7.38. The summed E-state index contributed by atoms with van der Waals surface area (Å²) in [6.07, 6.45) is 10.4. The molecule has 0 spiro atoms. The van der Waals surface area contributed by atoms with E-state index >= 15 is 0 Å². The van der Waals surface area contributed by atoms with Crippen molar-refractivity contribution >= 4 is 11.4 Å². The summed E-state index contributed by atoms with van der Waals surface area (Å²) in [7, 11) is 0. The maximum atomic E-state index is 8.85. The first-order valence-electron chi connectivity index (χ1n) is 7.38. The first kappa shape index (κ1) is 17.9. The van der Waals surface area contributed by atoms with Gasteiger partial charge < -0.3 is 16.1 Å². The number of hydrogen-bond acceptors (Lipinski definition) is 5. The zero-order chi connectivity index (χ0) is 14.3. The van der Waals surface area contributed by atoms with Crippen molar-refractivity contribution in [1.82, 2.24) is 0 Å². The molecule has 0 radical (unpaired) electrons. The molecule has 0 aromatic carbocycles. The van der Waals surface area contributed by atoms with Crippen molar-refractivity contribution in [1.29, 1.82) is 0 Å². The number of rotatable bonds is 12. The largest absolute Gasteiger partial charge is 0.411 e.